The van der Waals surface area contributed by atoms with Crippen LogP contribution in [0.2, 0.25) is 0 Å². The second-order valence-electron chi connectivity index (χ2n) is 4.49. The molecule has 102 valence electrons. The van der Waals surface area contributed by atoms with Gasteiger partial charge in [-0.2, -0.15) is 8.42 Å². The van der Waals surface area contributed by atoms with Crippen LogP contribution < -0.4 is 0 Å². The van der Waals surface area contributed by atoms with E-state index in [1.165, 1.54) is 6.92 Å². The highest BCUT2D eigenvalue weighted by Gasteiger charge is 2.39. The van der Waals surface area contributed by atoms with Crippen molar-refractivity contribution in [3.05, 3.63) is 0 Å². The maximum Gasteiger partial charge on any atom is 0.269 e. The number of hydrogen-bond acceptors (Lipinski definition) is 5. The Bertz CT molecular complexity index is 483. The van der Waals surface area contributed by atoms with E-state index in [9.17, 15) is 22.8 Å². The molecule has 1 rings (SSSR count). The summed E-state index contributed by atoms with van der Waals surface area (Å²) in [7, 11) is -4.48. The third kappa shape index (κ3) is 3.36. The highest BCUT2D eigenvalue weighted by molar-refractivity contribution is 7.86. The van der Waals surface area contributed by atoms with Crippen molar-refractivity contribution in [3.8, 4) is 0 Å². The number of likely N-dealkylation sites (tertiary alicyclic amines) is 1. The van der Waals surface area contributed by atoms with Crippen molar-refractivity contribution < 1.29 is 27.4 Å². The zero-order valence-electron chi connectivity index (χ0n) is 10.1. The predicted octanol–water partition coefficient (Wildman–Crippen LogP) is -0.383. The summed E-state index contributed by atoms with van der Waals surface area (Å²) in [6, 6.07) is 0. The molecule has 0 aromatic rings. The molecule has 1 aliphatic heterocycles. The van der Waals surface area contributed by atoms with Crippen LogP contribution in [0.3, 0.4) is 0 Å². The largest absolute Gasteiger partial charge is 0.300 e. The van der Waals surface area contributed by atoms with Gasteiger partial charge in [-0.05, 0) is 6.92 Å². The number of ketones is 1. The normalized spacial score (nSPS) is 22.4. The fourth-order valence-electron chi connectivity index (χ4n) is 1.83. The maximum atomic E-state index is 11.6. The number of nitrogens with zero attached hydrogens (tertiary/aromatic N) is 1. The number of rotatable bonds is 5. The van der Waals surface area contributed by atoms with Crippen molar-refractivity contribution >= 4 is 27.7 Å². The van der Waals surface area contributed by atoms with Gasteiger partial charge in [0.25, 0.3) is 10.1 Å². The van der Waals surface area contributed by atoms with Crippen molar-refractivity contribution in [1.82, 2.24) is 4.90 Å². The minimum Gasteiger partial charge on any atom is -0.300 e. The molecule has 0 aromatic heterocycles. The SMILES string of the molecule is CC(=O)CC(CN1C(=O)CC(C)C1=O)S(=O)(=O)O. The molecule has 2 atom stereocenters. The Morgan fingerprint density at radius 2 is 2.06 bits per heavy atom. The van der Waals surface area contributed by atoms with E-state index in [1.807, 2.05) is 0 Å². The van der Waals surface area contributed by atoms with Gasteiger partial charge in [-0.3, -0.25) is 23.8 Å². The van der Waals surface area contributed by atoms with Gasteiger partial charge in [-0.25, -0.2) is 0 Å². The van der Waals surface area contributed by atoms with Gasteiger partial charge in [0.05, 0.1) is 0 Å². The molecule has 0 saturated carbocycles. The predicted molar refractivity (Wildman–Crippen MR) is 61.1 cm³/mol. The van der Waals surface area contributed by atoms with Crippen molar-refractivity contribution in [1.29, 1.82) is 0 Å². The second-order valence-corrected chi connectivity index (χ2v) is 6.19. The van der Waals surface area contributed by atoms with E-state index < -0.39 is 51.8 Å². The molecule has 0 radical (unpaired) electrons. The first-order chi connectivity index (χ1) is 8.12. The highest BCUT2D eigenvalue weighted by Crippen LogP contribution is 2.20. The van der Waals surface area contributed by atoms with E-state index in [0.29, 0.717) is 0 Å². The zero-order valence-corrected chi connectivity index (χ0v) is 10.9. The average Bonchev–Trinajstić information content (AvgIpc) is 2.41. The van der Waals surface area contributed by atoms with Crippen LogP contribution in [-0.2, 0) is 24.5 Å². The zero-order chi connectivity index (χ0) is 14.1. The minimum absolute atomic E-state index is 0.0249. The molecule has 1 aliphatic rings. The molecule has 0 spiro atoms. The Morgan fingerprint density at radius 3 is 2.39 bits per heavy atom. The molecule has 2 amide bonds. The first kappa shape index (κ1) is 14.8. The lowest BCUT2D eigenvalue weighted by atomic mass is 10.1. The van der Waals surface area contributed by atoms with E-state index in [1.54, 1.807) is 6.92 Å². The molecular formula is C10H15NO6S. The second kappa shape index (κ2) is 5.15. The van der Waals surface area contributed by atoms with E-state index in [4.69, 9.17) is 4.55 Å². The number of amides is 2. The van der Waals surface area contributed by atoms with Crippen molar-refractivity contribution in [2.45, 2.75) is 31.9 Å². The van der Waals surface area contributed by atoms with E-state index in [0.717, 1.165) is 4.90 Å². The average molecular weight is 277 g/mol. The highest BCUT2D eigenvalue weighted by atomic mass is 32.2. The molecule has 1 N–H and O–H groups in total. The van der Waals surface area contributed by atoms with Crippen molar-refractivity contribution in [2.75, 3.05) is 6.54 Å². The Hall–Kier alpha value is -1.28. The molecule has 1 fully saturated rings. The van der Waals surface area contributed by atoms with E-state index in [2.05, 4.69) is 0 Å². The molecular weight excluding hydrogens is 262 g/mol. The molecule has 8 heteroatoms. The Kier molecular flexibility index (Phi) is 4.23. The quantitative estimate of drug-likeness (QED) is 0.542. The van der Waals surface area contributed by atoms with Crippen LogP contribution >= 0.6 is 0 Å². The van der Waals surface area contributed by atoms with Gasteiger partial charge in [0, 0.05) is 25.3 Å². The Labute approximate surface area is 105 Å². The lowest BCUT2D eigenvalue weighted by Crippen LogP contribution is -2.41. The van der Waals surface area contributed by atoms with Crippen molar-refractivity contribution in [2.24, 2.45) is 5.92 Å². The number of Topliss-reactive ketones (excluding diaryl/α,β-unsaturated/α-hetero) is 1. The lowest BCUT2D eigenvalue weighted by Gasteiger charge is -2.19. The third-order valence-corrected chi connectivity index (χ3v) is 3.95. The first-order valence-corrected chi connectivity index (χ1v) is 6.93. The van der Waals surface area contributed by atoms with Gasteiger partial charge in [-0.1, -0.05) is 6.92 Å². The van der Waals surface area contributed by atoms with Crippen LogP contribution in [0.4, 0.5) is 0 Å². The smallest absolute Gasteiger partial charge is 0.269 e. The van der Waals surface area contributed by atoms with Crippen LogP contribution in [0.25, 0.3) is 0 Å². The fraction of sp³-hybridized carbons (Fsp3) is 0.700. The lowest BCUT2D eigenvalue weighted by molar-refractivity contribution is -0.139. The third-order valence-electron chi connectivity index (χ3n) is 2.79. The number of hydrogen-bond donors (Lipinski definition) is 1. The fourth-order valence-corrected chi connectivity index (χ4v) is 2.61. The Balaban J connectivity index is 2.88. The summed E-state index contributed by atoms with van der Waals surface area (Å²) in [4.78, 5) is 34.8. The van der Waals surface area contributed by atoms with Gasteiger partial charge in [0.15, 0.2) is 0 Å². The molecule has 0 bridgehead atoms. The molecule has 0 aromatic carbocycles. The first-order valence-electron chi connectivity index (χ1n) is 5.43. The molecule has 1 saturated heterocycles. The number of carbonyl (C=O) groups excluding carboxylic acids is 3. The molecule has 1 heterocycles. The van der Waals surface area contributed by atoms with Crippen LogP contribution in [0, 0.1) is 5.92 Å². The van der Waals surface area contributed by atoms with Gasteiger partial charge >= 0.3 is 0 Å². The topological polar surface area (TPSA) is 109 Å². The molecule has 0 aliphatic carbocycles. The van der Waals surface area contributed by atoms with Gasteiger partial charge < -0.3 is 0 Å². The van der Waals surface area contributed by atoms with Crippen LogP contribution in [0.15, 0.2) is 0 Å². The van der Waals surface area contributed by atoms with Crippen LogP contribution in [-0.4, -0.2) is 47.3 Å². The summed E-state index contributed by atoms with van der Waals surface area (Å²) in [6.07, 6.45) is -0.401. The molecule has 18 heavy (non-hydrogen) atoms. The number of carbonyl (C=O) groups is 3. The summed E-state index contributed by atoms with van der Waals surface area (Å²) in [5.74, 6) is -1.89. The monoisotopic (exact) mass is 277 g/mol. The van der Waals surface area contributed by atoms with E-state index in [-0.39, 0.29) is 6.42 Å². The van der Waals surface area contributed by atoms with Crippen LogP contribution in [0.5, 0.6) is 0 Å². The summed E-state index contributed by atoms with van der Waals surface area (Å²) in [5, 5.41) is -1.45. The summed E-state index contributed by atoms with van der Waals surface area (Å²) in [5.41, 5.74) is 0. The van der Waals surface area contributed by atoms with Crippen molar-refractivity contribution in [3.63, 3.8) is 0 Å². The summed E-state index contributed by atoms with van der Waals surface area (Å²) < 4.78 is 31.2. The van der Waals surface area contributed by atoms with Gasteiger partial charge in [0.2, 0.25) is 11.8 Å². The van der Waals surface area contributed by atoms with Crippen LogP contribution in [0.1, 0.15) is 26.7 Å². The van der Waals surface area contributed by atoms with E-state index >= 15 is 0 Å². The van der Waals surface area contributed by atoms with Gasteiger partial charge in [0.1, 0.15) is 11.0 Å². The summed E-state index contributed by atoms with van der Waals surface area (Å²) in [6.45, 7) is 2.27. The molecule has 2 unspecified atom stereocenters. The maximum absolute atomic E-state index is 11.6. The number of imide groups is 1. The van der Waals surface area contributed by atoms with Gasteiger partial charge in [-0.15, -0.1) is 0 Å². The Morgan fingerprint density at radius 1 is 1.50 bits per heavy atom. The molecule has 7 nitrogen and oxygen atoms in total. The summed E-state index contributed by atoms with van der Waals surface area (Å²) >= 11 is 0. The minimum atomic E-state index is -4.48. The standard InChI is InChI=1S/C10H15NO6S/c1-6-3-9(13)11(10(6)14)5-8(4-7(2)12)18(15,16)17/h6,8H,3-5H2,1-2H3,(H,15,16,17).